The SMILES string of the molecule is C[C@H]1CN(Cc2ccc(N(C)C(=O)N3CCC(c4cccc(F)c4)CC3)cc2)CCN1C(=O)OC(C)(C)C. The fourth-order valence-electron chi connectivity index (χ4n) is 5.34. The lowest BCUT2D eigenvalue weighted by Gasteiger charge is -2.40. The third kappa shape index (κ3) is 7.04. The number of amides is 3. The number of piperazine rings is 1. The van der Waals surface area contributed by atoms with Crippen LogP contribution >= 0.6 is 0 Å². The molecule has 2 heterocycles. The Morgan fingerprint density at radius 3 is 2.32 bits per heavy atom. The molecule has 2 aromatic carbocycles. The topological polar surface area (TPSA) is 56.3 Å². The van der Waals surface area contributed by atoms with Crippen LogP contribution in [0.2, 0.25) is 0 Å². The third-order valence-corrected chi connectivity index (χ3v) is 7.44. The number of benzene rings is 2. The van der Waals surface area contributed by atoms with Gasteiger partial charge in [-0.3, -0.25) is 9.80 Å². The molecule has 0 spiro atoms. The number of piperidine rings is 1. The Labute approximate surface area is 226 Å². The van der Waals surface area contributed by atoms with Crippen molar-refractivity contribution in [2.45, 2.75) is 64.6 Å². The van der Waals surface area contributed by atoms with E-state index in [2.05, 4.69) is 24.0 Å². The lowest BCUT2D eigenvalue weighted by molar-refractivity contribution is 0.000555. The molecule has 0 unspecified atom stereocenters. The fourth-order valence-corrected chi connectivity index (χ4v) is 5.34. The number of carbonyl (C=O) groups excluding carboxylic acids is 2. The van der Waals surface area contributed by atoms with E-state index in [4.69, 9.17) is 4.74 Å². The second-order valence-electron chi connectivity index (χ2n) is 11.6. The van der Waals surface area contributed by atoms with Crippen LogP contribution in [0.1, 0.15) is 57.6 Å². The van der Waals surface area contributed by atoms with Gasteiger partial charge in [0.05, 0.1) is 0 Å². The van der Waals surface area contributed by atoms with E-state index in [1.807, 2.05) is 55.8 Å². The normalized spacial score (nSPS) is 19.4. The fraction of sp³-hybridized carbons (Fsp3) is 0.533. The summed E-state index contributed by atoms with van der Waals surface area (Å²) in [5, 5.41) is 0. The monoisotopic (exact) mass is 524 g/mol. The van der Waals surface area contributed by atoms with Crippen LogP contribution in [0.5, 0.6) is 0 Å². The van der Waals surface area contributed by atoms with E-state index in [9.17, 15) is 14.0 Å². The van der Waals surface area contributed by atoms with E-state index in [0.717, 1.165) is 43.7 Å². The van der Waals surface area contributed by atoms with Crippen LogP contribution in [-0.2, 0) is 11.3 Å². The zero-order valence-electron chi connectivity index (χ0n) is 23.3. The zero-order valence-corrected chi connectivity index (χ0v) is 23.3. The van der Waals surface area contributed by atoms with Gasteiger partial charge in [0.25, 0.3) is 0 Å². The first-order valence-corrected chi connectivity index (χ1v) is 13.6. The lowest BCUT2D eigenvalue weighted by atomic mass is 9.89. The van der Waals surface area contributed by atoms with Gasteiger partial charge in [-0.1, -0.05) is 24.3 Å². The number of nitrogens with zero attached hydrogens (tertiary/aromatic N) is 4. The molecule has 0 radical (unpaired) electrons. The Bertz CT molecular complexity index is 1110. The van der Waals surface area contributed by atoms with Crippen LogP contribution in [0, 0.1) is 5.82 Å². The highest BCUT2D eigenvalue weighted by atomic mass is 19.1. The molecule has 7 nitrogen and oxygen atoms in total. The number of hydrogen-bond acceptors (Lipinski definition) is 4. The molecule has 1 atom stereocenters. The zero-order chi connectivity index (χ0) is 27.4. The molecule has 4 rings (SSSR count). The van der Waals surface area contributed by atoms with Gasteiger partial charge in [0.2, 0.25) is 0 Å². The van der Waals surface area contributed by atoms with Crippen LogP contribution in [0.25, 0.3) is 0 Å². The highest BCUT2D eigenvalue weighted by molar-refractivity contribution is 5.91. The Morgan fingerprint density at radius 1 is 1.03 bits per heavy atom. The first-order valence-electron chi connectivity index (χ1n) is 13.6. The Hall–Kier alpha value is -3.13. The van der Waals surface area contributed by atoms with E-state index in [0.29, 0.717) is 19.6 Å². The van der Waals surface area contributed by atoms with Crippen molar-refractivity contribution in [1.29, 1.82) is 0 Å². The minimum Gasteiger partial charge on any atom is -0.444 e. The highest BCUT2D eigenvalue weighted by Crippen LogP contribution is 2.29. The summed E-state index contributed by atoms with van der Waals surface area (Å²) in [5.41, 5.74) is 2.54. The second-order valence-corrected chi connectivity index (χ2v) is 11.6. The molecule has 8 heteroatoms. The maximum Gasteiger partial charge on any atom is 0.410 e. The number of hydrogen-bond donors (Lipinski definition) is 0. The minimum absolute atomic E-state index is 0.0115. The third-order valence-electron chi connectivity index (χ3n) is 7.44. The van der Waals surface area contributed by atoms with Gasteiger partial charge in [-0.2, -0.15) is 0 Å². The van der Waals surface area contributed by atoms with Crippen molar-refractivity contribution in [3.63, 3.8) is 0 Å². The first-order chi connectivity index (χ1) is 18.0. The maximum absolute atomic E-state index is 13.6. The summed E-state index contributed by atoms with van der Waals surface area (Å²) in [7, 11) is 1.81. The summed E-state index contributed by atoms with van der Waals surface area (Å²) >= 11 is 0. The van der Waals surface area contributed by atoms with Gasteiger partial charge in [0.1, 0.15) is 11.4 Å². The second kappa shape index (κ2) is 11.7. The molecule has 2 fully saturated rings. The number of carbonyl (C=O) groups is 2. The van der Waals surface area contributed by atoms with Crippen molar-refractivity contribution >= 4 is 17.8 Å². The van der Waals surface area contributed by atoms with Crippen molar-refractivity contribution in [1.82, 2.24) is 14.7 Å². The Balaban J connectivity index is 1.26. The van der Waals surface area contributed by atoms with Crippen molar-refractivity contribution in [3.05, 3.63) is 65.5 Å². The summed E-state index contributed by atoms with van der Waals surface area (Å²) in [5.74, 6) is 0.0785. The molecular formula is C30H41FN4O3. The highest BCUT2D eigenvalue weighted by Gasteiger charge is 2.31. The van der Waals surface area contributed by atoms with E-state index in [-0.39, 0.29) is 29.9 Å². The van der Waals surface area contributed by atoms with Crippen LogP contribution in [0.15, 0.2) is 48.5 Å². The van der Waals surface area contributed by atoms with Gasteiger partial charge in [0, 0.05) is 58.0 Å². The molecule has 2 aliphatic heterocycles. The van der Waals surface area contributed by atoms with E-state index < -0.39 is 5.60 Å². The maximum atomic E-state index is 13.6. The van der Waals surface area contributed by atoms with Gasteiger partial charge in [0.15, 0.2) is 0 Å². The van der Waals surface area contributed by atoms with Crippen LogP contribution < -0.4 is 4.90 Å². The predicted octanol–water partition coefficient (Wildman–Crippen LogP) is 5.70. The molecule has 0 aromatic heterocycles. The van der Waals surface area contributed by atoms with Gasteiger partial charge in [-0.25, -0.2) is 14.0 Å². The Kier molecular flexibility index (Phi) is 8.61. The summed E-state index contributed by atoms with van der Waals surface area (Å²) < 4.78 is 19.1. The van der Waals surface area contributed by atoms with Crippen molar-refractivity contribution in [3.8, 4) is 0 Å². The predicted molar refractivity (Wildman–Crippen MR) is 148 cm³/mol. The average molecular weight is 525 g/mol. The standard InChI is InChI=1S/C30H41FN4O3/c1-22-20-33(17-18-35(22)29(37)38-30(2,3)4)21-23-9-11-27(12-10-23)32(5)28(36)34-15-13-24(14-16-34)25-7-6-8-26(31)19-25/h6-12,19,22,24H,13-18,20-21H2,1-5H3/t22-/m0/s1. The summed E-state index contributed by atoms with van der Waals surface area (Å²) in [6.45, 7) is 12.0. The number of likely N-dealkylation sites (tertiary alicyclic amines) is 1. The molecule has 2 aromatic rings. The van der Waals surface area contributed by atoms with E-state index in [1.165, 1.54) is 11.6 Å². The lowest BCUT2D eigenvalue weighted by Crippen LogP contribution is -2.54. The van der Waals surface area contributed by atoms with Crippen LogP contribution in [-0.4, -0.2) is 78.2 Å². The Morgan fingerprint density at radius 2 is 1.71 bits per heavy atom. The molecule has 2 aliphatic rings. The quantitative estimate of drug-likeness (QED) is 0.515. The number of urea groups is 1. The largest absolute Gasteiger partial charge is 0.444 e. The van der Waals surface area contributed by atoms with E-state index >= 15 is 0 Å². The number of rotatable bonds is 4. The summed E-state index contributed by atoms with van der Waals surface area (Å²) in [4.78, 5) is 33.4. The van der Waals surface area contributed by atoms with Gasteiger partial charge in [-0.05, 0) is 81.8 Å². The average Bonchev–Trinajstić information content (AvgIpc) is 2.87. The number of anilines is 1. The minimum atomic E-state index is -0.497. The van der Waals surface area contributed by atoms with E-state index in [1.54, 1.807) is 17.0 Å². The molecular weight excluding hydrogens is 483 g/mol. The molecule has 0 aliphatic carbocycles. The number of ether oxygens (including phenoxy) is 1. The smallest absolute Gasteiger partial charge is 0.410 e. The van der Waals surface area contributed by atoms with Crippen molar-refractivity contribution in [2.24, 2.45) is 0 Å². The molecule has 38 heavy (non-hydrogen) atoms. The van der Waals surface area contributed by atoms with Crippen molar-refractivity contribution < 1.29 is 18.7 Å². The molecule has 0 saturated carbocycles. The first kappa shape index (κ1) is 27.9. The van der Waals surface area contributed by atoms with Gasteiger partial charge >= 0.3 is 12.1 Å². The molecule has 0 N–H and O–H groups in total. The summed E-state index contributed by atoms with van der Waals surface area (Å²) in [6, 6.07) is 15.0. The van der Waals surface area contributed by atoms with Gasteiger partial charge < -0.3 is 14.5 Å². The summed E-state index contributed by atoms with van der Waals surface area (Å²) in [6.07, 6.45) is 1.42. The molecule has 2 saturated heterocycles. The van der Waals surface area contributed by atoms with Gasteiger partial charge in [-0.15, -0.1) is 0 Å². The number of halogens is 1. The van der Waals surface area contributed by atoms with Crippen LogP contribution in [0.4, 0.5) is 19.7 Å². The van der Waals surface area contributed by atoms with Crippen molar-refractivity contribution in [2.75, 3.05) is 44.7 Å². The molecule has 3 amide bonds. The molecule has 206 valence electrons. The van der Waals surface area contributed by atoms with Crippen LogP contribution in [0.3, 0.4) is 0 Å². The molecule has 0 bridgehead atoms.